The number of anilines is 1. The van der Waals surface area contributed by atoms with Crippen LogP contribution in [0.15, 0.2) is 6.07 Å². The molecule has 1 aliphatic rings. The maximum absolute atomic E-state index is 4.57. The average molecular weight is 248 g/mol. The van der Waals surface area contributed by atoms with Crippen molar-refractivity contribution in [2.24, 2.45) is 0 Å². The van der Waals surface area contributed by atoms with Crippen molar-refractivity contribution in [3.8, 4) is 0 Å². The van der Waals surface area contributed by atoms with Gasteiger partial charge in [0.2, 0.25) is 0 Å². The molecule has 18 heavy (non-hydrogen) atoms. The molecule has 1 fully saturated rings. The Bertz CT molecular complexity index is 371. The van der Waals surface area contributed by atoms with Crippen LogP contribution in [0.4, 0.5) is 5.82 Å². The fourth-order valence-electron chi connectivity index (χ4n) is 2.60. The lowest BCUT2D eigenvalue weighted by Crippen LogP contribution is -2.31. The third-order valence-corrected chi connectivity index (χ3v) is 3.40. The summed E-state index contributed by atoms with van der Waals surface area (Å²) < 4.78 is 0. The van der Waals surface area contributed by atoms with E-state index in [1.165, 1.54) is 25.9 Å². The molecule has 1 aromatic rings. The molecule has 0 N–H and O–H groups in total. The molecule has 0 aliphatic carbocycles. The predicted octanol–water partition coefficient (Wildman–Crippen LogP) is 2.02. The molecule has 0 amide bonds. The van der Waals surface area contributed by atoms with E-state index in [1.807, 2.05) is 13.8 Å². The molecule has 4 heteroatoms. The minimum Gasteiger partial charge on any atom is -0.355 e. The van der Waals surface area contributed by atoms with Gasteiger partial charge in [-0.15, -0.1) is 0 Å². The first-order valence-corrected chi connectivity index (χ1v) is 6.98. The topological polar surface area (TPSA) is 32.3 Å². The quantitative estimate of drug-likeness (QED) is 0.819. The monoisotopic (exact) mass is 248 g/mol. The Balaban J connectivity index is 2.05. The second-order valence-electron chi connectivity index (χ2n) is 5.10. The molecule has 2 heterocycles. The first kappa shape index (κ1) is 13.3. The summed E-state index contributed by atoms with van der Waals surface area (Å²) in [7, 11) is 0. The highest BCUT2D eigenvalue weighted by molar-refractivity contribution is 5.39. The second-order valence-corrected chi connectivity index (χ2v) is 5.10. The minimum atomic E-state index is 0.875. The van der Waals surface area contributed by atoms with Crippen LogP contribution in [0, 0.1) is 13.8 Å². The fourth-order valence-corrected chi connectivity index (χ4v) is 2.60. The Morgan fingerprint density at radius 2 is 1.94 bits per heavy atom. The zero-order valence-electron chi connectivity index (χ0n) is 11.8. The standard InChI is InChI=1S/C14H24N4/c1-4-6-17-7-5-8-18(10-9-17)14-11-12(2)15-13(3)16-14/h11H,4-10H2,1-3H3. The first-order chi connectivity index (χ1) is 8.69. The third kappa shape index (κ3) is 3.42. The molecule has 0 unspecified atom stereocenters. The number of aryl methyl sites for hydroxylation is 2. The van der Waals surface area contributed by atoms with Crippen molar-refractivity contribution >= 4 is 5.82 Å². The van der Waals surface area contributed by atoms with Gasteiger partial charge in [-0.25, -0.2) is 9.97 Å². The van der Waals surface area contributed by atoms with Crippen molar-refractivity contribution in [2.45, 2.75) is 33.6 Å². The number of aromatic nitrogens is 2. The van der Waals surface area contributed by atoms with Gasteiger partial charge in [-0.05, 0) is 39.8 Å². The van der Waals surface area contributed by atoms with Gasteiger partial charge in [-0.3, -0.25) is 0 Å². The van der Waals surface area contributed by atoms with E-state index >= 15 is 0 Å². The number of rotatable bonds is 3. The lowest BCUT2D eigenvalue weighted by molar-refractivity contribution is 0.294. The summed E-state index contributed by atoms with van der Waals surface area (Å²) >= 11 is 0. The van der Waals surface area contributed by atoms with E-state index in [0.29, 0.717) is 0 Å². The zero-order chi connectivity index (χ0) is 13.0. The van der Waals surface area contributed by atoms with Gasteiger partial charge in [0.15, 0.2) is 0 Å². The van der Waals surface area contributed by atoms with Gasteiger partial charge in [-0.2, -0.15) is 0 Å². The average Bonchev–Trinajstić information content (AvgIpc) is 2.54. The van der Waals surface area contributed by atoms with Crippen molar-refractivity contribution in [1.29, 1.82) is 0 Å². The molecule has 1 aromatic heterocycles. The highest BCUT2D eigenvalue weighted by Crippen LogP contribution is 2.15. The molecular formula is C14H24N4. The summed E-state index contributed by atoms with van der Waals surface area (Å²) in [6, 6.07) is 2.10. The Kier molecular flexibility index (Phi) is 4.53. The van der Waals surface area contributed by atoms with Crippen LogP contribution in [-0.2, 0) is 0 Å². The Labute approximate surface area is 110 Å². The lowest BCUT2D eigenvalue weighted by Gasteiger charge is -2.22. The molecule has 0 atom stereocenters. The highest BCUT2D eigenvalue weighted by Gasteiger charge is 2.15. The summed E-state index contributed by atoms with van der Waals surface area (Å²) in [6.45, 7) is 12.0. The number of nitrogens with zero attached hydrogens (tertiary/aromatic N) is 4. The third-order valence-electron chi connectivity index (χ3n) is 3.40. The first-order valence-electron chi connectivity index (χ1n) is 6.98. The van der Waals surface area contributed by atoms with E-state index in [9.17, 15) is 0 Å². The molecule has 4 nitrogen and oxygen atoms in total. The van der Waals surface area contributed by atoms with Crippen molar-refractivity contribution in [1.82, 2.24) is 14.9 Å². The number of hydrogen-bond donors (Lipinski definition) is 0. The van der Waals surface area contributed by atoms with Gasteiger partial charge in [-0.1, -0.05) is 6.92 Å². The van der Waals surface area contributed by atoms with E-state index < -0.39 is 0 Å². The van der Waals surface area contributed by atoms with Crippen LogP contribution in [0.5, 0.6) is 0 Å². The number of hydrogen-bond acceptors (Lipinski definition) is 4. The van der Waals surface area contributed by atoms with Crippen molar-refractivity contribution in [2.75, 3.05) is 37.6 Å². The van der Waals surface area contributed by atoms with Gasteiger partial charge < -0.3 is 9.80 Å². The summed E-state index contributed by atoms with van der Waals surface area (Å²) in [5.41, 5.74) is 1.06. The molecule has 1 aliphatic heterocycles. The van der Waals surface area contributed by atoms with Crippen LogP contribution in [0.1, 0.15) is 31.3 Å². The van der Waals surface area contributed by atoms with E-state index in [1.54, 1.807) is 0 Å². The molecule has 0 radical (unpaired) electrons. The van der Waals surface area contributed by atoms with Crippen LogP contribution < -0.4 is 4.90 Å². The Morgan fingerprint density at radius 3 is 2.67 bits per heavy atom. The molecule has 1 saturated heterocycles. The smallest absolute Gasteiger partial charge is 0.132 e. The van der Waals surface area contributed by atoms with Crippen LogP contribution in [-0.4, -0.2) is 47.6 Å². The second kappa shape index (κ2) is 6.14. The van der Waals surface area contributed by atoms with Crippen molar-refractivity contribution in [3.05, 3.63) is 17.6 Å². The van der Waals surface area contributed by atoms with Crippen LogP contribution in [0.3, 0.4) is 0 Å². The van der Waals surface area contributed by atoms with E-state index in [4.69, 9.17) is 0 Å². The van der Waals surface area contributed by atoms with Crippen molar-refractivity contribution in [3.63, 3.8) is 0 Å². The van der Waals surface area contributed by atoms with Gasteiger partial charge in [0.05, 0.1) is 0 Å². The fraction of sp³-hybridized carbons (Fsp3) is 0.714. The van der Waals surface area contributed by atoms with E-state index in [2.05, 4.69) is 32.8 Å². The largest absolute Gasteiger partial charge is 0.355 e. The van der Waals surface area contributed by atoms with Crippen LogP contribution in [0.25, 0.3) is 0 Å². The van der Waals surface area contributed by atoms with E-state index in [0.717, 1.165) is 37.0 Å². The molecule has 0 bridgehead atoms. The predicted molar refractivity (Wildman–Crippen MR) is 75.1 cm³/mol. The molecule has 0 saturated carbocycles. The van der Waals surface area contributed by atoms with Gasteiger partial charge >= 0.3 is 0 Å². The maximum atomic E-state index is 4.57. The summed E-state index contributed by atoms with van der Waals surface area (Å²) in [5.74, 6) is 1.97. The zero-order valence-corrected chi connectivity index (χ0v) is 11.8. The highest BCUT2D eigenvalue weighted by atomic mass is 15.2. The molecule has 0 aromatic carbocycles. The van der Waals surface area contributed by atoms with Gasteiger partial charge in [0, 0.05) is 31.4 Å². The SMILES string of the molecule is CCCN1CCCN(c2cc(C)nc(C)n2)CC1. The van der Waals surface area contributed by atoms with E-state index in [-0.39, 0.29) is 0 Å². The van der Waals surface area contributed by atoms with Crippen LogP contribution >= 0.6 is 0 Å². The van der Waals surface area contributed by atoms with Crippen molar-refractivity contribution < 1.29 is 0 Å². The molecule has 0 spiro atoms. The minimum absolute atomic E-state index is 0.875. The lowest BCUT2D eigenvalue weighted by atomic mass is 10.3. The summed E-state index contributed by atoms with van der Waals surface area (Å²) in [5, 5.41) is 0. The Hall–Kier alpha value is -1.16. The normalized spacial score (nSPS) is 17.8. The summed E-state index contributed by atoms with van der Waals surface area (Å²) in [6.07, 6.45) is 2.47. The molecular weight excluding hydrogens is 224 g/mol. The van der Waals surface area contributed by atoms with Gasteiger partial charge in [0.25, 0.3) is 0 Å². The van der Waals surface area contributed by atoms with Gasteiger partial charge in [0.1, 0.15) is 11.6 Å². The van der Waals surface area contributed by atoms with Crippen LogP contribution in [0.2, 0.25) is 0 Å². The summed E-state index contributed by atoms with van der Waals surface area (Å²) in [4.78, 5) is 13.9. The molecule has 2 rings (SSSR count). The molecule has 100 valence electrons. The Morgan fingerprint density at radius 1 is 1.11 bits per heavy atom. The maximum Gasteiger partial charge on any atom is 0.132 e.